The second kappa shape index (κ2) is 6.40. The van der Waals surface area contributed by atoms with Crippen molar-refractivity contribution in [2.24, 2.45) is 5.41 Å². The molecule has 1 fully saturated rings. The van der Waals surface area contributed by atoms with E-state index in [4.69, 9.17) is 9.47 Å². The second-order valence-corrected chi connectivity index (χ2v) is 6.42. The fraction of sp³-hybridized carbons (Fsp3) is 0.571. The minimum absolute atomic E-state index is 0.215. The monoisotopic (exact) mass is 376 g/mol. The van der Waals surface area contributed by atoms with Gasteiger partial charge in [0.2, 0.25) is 0 Å². The Balaban J connectivity index is 2.03. The van der Waals surface area contributed by atoms with E-state index in [9.17, 15) is 0 Å². The molecular weight excluding hydrogens is 360 g/mol. The number of alkyl halides is 1. The van der Waals surface area contributed by atoms with E-state index in [1.165, 1.54) is 5.56 Å². The van der Waals surface area contributed by atoms with Gasteiger partial charge in [0, 0.05) is 28.4 Å². The molecule has 0 saturated carbocycles. The van der Waals surface area contributed by atoms with Crippen LogP contribution in [-0.2, 0) is 4.74 Å². The molecule has 1 heterocycles. The number of rotatable bonds is 4. The predicted molar refractivity (Wildman–Crippen MR) is 80.7 cm³/mol. The van der Waals surface area contributed by atoms with Crippen LogP contribution >= 0.6 is 31.9 Å². The molecule has 1 aliphatic rings. The van der Waals surface area contributed by atoms with Gasteiger partial charge in [-0.15, -0.1) is 0 Å². The topological polar surface area (TPSA) is 18.5 Å². The summed E-state index contributed by atoms with van der Waals surface area (Å²) in [6.07, 6.45) is 2.12. The highest BCUT2D eigenvalue weighted by Crippen LogP contribution is 2.34. The third kappa shape index (κ3) is 3.49. The number of aryl methyl sites for hydroxylation is 1. The molecule has 0 aromatic heterocycles. The van der Waals surface area contributed by atoms with Gasteiger partial charge in [-0.05, 0) is 37.5 Å². The summed E-state index contributed by atoms with van der Waals surface area (Å²) in [7, 11) is 0. The van der Waals surface area contributed by atoms with Gasteiger partial charge in [0.1, 0.15) is 5.75 Å². The van der Waals surface area contributed by atoms with Crippen molar-refractivity contribution >= 4 is 31.9 Å². The van der Waals surface area contributed by atoms with Gasteiger partial charge in [-0.3, -0.25) is 0 Å². The van der Waals surface area contributed by atoms with Crippen molar-refractivity contribution in [3.05, 3.63) is 28.2 Å². The van der Waals surface area contributed by atoms with E-state index >= 15 is 0 Å². The number of benzene rings is 1. The van der Waals surface area contributed by atoms with Crippen LogP contribution in [0.25, 0.3) is 0 Å². The van der Waals surface area contributed by atoms with E-state index in [-0.39, 0.29) is 5.41 Å². The van der Waals surface area contributed by atoms with Crippen LogP contribution in [0.3, 0.4) is 0 Å². The van der Waals surface area contributed by atoms with Gasteiger partial charge in [-0.1, -0.05) is 37.9 Å². The third-order valence-electron chi connectivity index (χ3n) is 3.52. The summed E-state index contributed by atoms with van der Waals surface area (Å²) in [6.45, 7) is 4.50. The maximum absolute atomic E-state index is 6.04. The first kappa shape index (κ1) is 14.4. The summed E-state index contributed by atoms with van der Waals surface area (Å²) in [5.41, 5.74) is 1.39. The molecular formula is C14H18Br2O2. The van der Waals surface area contributed by atoms with E-state index < -0.39 is 0 Å². The van der Waals surface area contributed by atoms with Gasteiger partial charge in [0.25, 0.3) is 0 Å². The minimum atomic E-state index is 0.215. The van der Waals surface area contributed by atoms with Gasteiger partial charge < -0.3 is 9.47 Å². The zero-order valence-corrected chi connectivity index (χ0v) is 13.7. The lowest BCUT2D eigenvalue weighted by atomic mass is 9.83. The molecule has 4 heteroatoms. The summed E-state index contributed by atoms with van der Waals surface area (Å²) in [6, 6.07) is 6.15. The fourth-order valence-corrected chi connectivity index (χ4v) is 3.14. The van der Waals surface area contributed by atoms with Crippen molar-refractivity contribution in [2.45, 2.75) is 19.8 Å². The molecule has 2 rings (SSSR count). The molecule has 1 aromatic rings. The molecule has 1 aliphatic heterocycles. The Morgan fingerprint density at radius 3 is 2.72 bits per heavy atom. The molecule has 0 aliphatic carbocycles. The zero-order valence-electron chi connectivity index (χ0n) is 10.5. The Kier molecular flexibility index (Phi) is 5.10. The molecule has 0 N–H and O–H groups in total. The van der Waals surface area contributed by atoms with E-state index in [2.05, 4.69) is 44.8 Å². The average molecular weight is 378 g/mol. The molecule has 2 nitrogen and oxygen atoms in total. The number of halogens is 2. The summed E-state index contributed by atoms with van der Waals surface area (Å²) in [5, 5.41) is 0.969. The first-order valence-corrected chi connectivity index (χ1v) is 8.09. The average Bonchev–Trinajstić information content (AvgIpc) is 2.41. The van der Waals surface area contributed by atoms with Crippen LogP contribution < -0.4 is 4.74 Å². The number of ether oxygens (including phenoxy) is 2. The van der Waals surface area contributed by atoms with Gasteiger partial charge in [-0.2, -0.15) is 0 Å². The van der Waals surface area contributed by atoms with Crippen molar-refractivity contribution in [3.8, 4) is 5.75 Å². The number of hydrogen-bond acceptors (Lipinski definition) is 2. The normalized spacial score (nSPS) is 18.6. The van der Waals surface area contributed by atoms with Crippen LogP contribution in [-0.4, -0.2) is 25.2 Å². The Labute approximate surface area is 125 Å². The van der Waals surface area contributed by atoms with E-state index in [0.29, 0.717) is 0 Å². The van der Waals surface area contributed by atoms with Gasteiger partial charge in [-0.25, -0.2) is 0 Å². The van der Waals surface area contributed by atoms with Gasteiger partial charge in [0.15, 0.2) is 0 Å². The van der Waals surface area contributed by atoms with Gasteiger partial charge in [0.05, 0.1) is 6.61 Å². The SMILES string of the molecule is Cc1ccc(Br)cc1OCC1(CBr)CCOCC1. The van der Waals surface area contributed by atoms with Crippen LogP contribution in [0.4, 0.5) is 0 Å². The van der Waals surface area contributed by atoms with E-state index in [1.54, 1.807) is 0 Å². The molecule has 100 valence electrons. The van der Waals surface area contributed by atoms with Crippen LogP contribution in [0.2, 0.25) is 0 Å². The van der Waals surface area contributed by atoms with Crippen molar-refractivity contribution in [1.82, 2.24) is 0 Å². The summed E-state index contributed by atoms with van der Waals surface area (Å²) < 4.78 is 12.5. The minimum Gasteiger partial charge on any atom is -0.493 e. The Morgan fingerprint density at radius 1 is 1.33 bits per heavy atom. The van der Waals surface area contributed by atoms with E-state index in [1.807, 2.05) is 12.1 Å². The molecule has 0 amide bonds. The first-order valence-electron chi connectivity index (χ1n) is 6.18. The summed E-state index contributed by atoms with van der Waals surface area (Å²) in [5.74, 6) is 0.969. The molecule has 0 unspecified atom stereocenters. The van der Waals surface area contributed by atoms with Crippen molar-refractivity contribution in [2.75, 3.05) is 25.2 Å². The fourth-order valence-electron chi connectivity index (χ4n) is 2.08. The van der Waals surface area contributed by atoms with Crippen molar-refractivity contribution in [3.63, 3.8) is 0 Å². The van der Waals surface area contributed by atoms with Crippen molar-refractivity contribution in [1.29, 1.82) is 0 Å². The first-order chi connectivity index (χ1) is 8.65. The lowest BCUT2D eigenvalue weighted by Gasteiger charge is -2.35. The molecule has 18 heavy (non-hydrogen) atoms. The molecule has 1 saturated heterocycles. The Hall–Kier alpha value is -0.0600. The Bertz CT molecular complexity index is 401. The molecule has 0 atom stereocenters. The van der Waals surface area contributed by atoms with Crippen LogP contribution in [0.1, 0.15) is 18.4 Å². The maximum Gasteiger partial charge on any atom is 0.123 e. The molecule has 1 aromatic carbocycles. The van der Waals surface area contributed by atoms with Crippen LogP contribution in [0.15, 0.2) is 22.7 Å². The van der Waals surface area contributed by atoms with Crippen LogP contribution in [0.5, 0.6) is 5.75 Å². The standard InChI is InChI=1S/C14H18Br2O2/c1-11-2-3-12(16)8-13(11)18-10-14(9-15)4-6-17-7-5-14/h2-3,8H,4-7,9-10H2,1H3. The molecule has 0 spiro atoms. The summed E-state index contributed by atoms with van der Waals surface area (Å²) in [4.78, 5) is 0. The summed E-state index contributed by atoms with van der Waals surface area (Å²) >= 11 is 7.11. The zero-order chi connectivity index (χ0) is 13.0. The van der Waals surface area contributed by atoms with Crippen LogP contribution in [0, 0.1) is 12.3 Å². The number of hydrogen-bond donors (Lipinski definition) is 0. The lowest BCUT2D eigenvalue weighted by Crippen LogP contribution is -2.36. The van der Waals surface area contributed by atoms with Gasteiger partial charge >= 0.3 is 0 Å². The van der Waals surface area contributed by atoms with E-state index in [0.717, 1.165) is 48.2 Å². The highest BCUT2D eigenvalue weighted by molar-refractivity contribution is 9.10. The maximum atomic E-state index is 6.04. The smallest absolute Gasteiger partial charge is 0.123 e. The largest absolute Gasteiger partial charge is 0.493 e. The van der Waals surface area contributed by atoms with Crippen molar-refractivity contribution < 1.29 is 9.47 Å². The lowest BCUT2D eigenvalue weighted by molar-refractivity contribution is 0.00342. The molecule has 0 bridgehead atoms. The Morgan fingerprint density at radius 2 is 2.06 bits per heavy atom. The quantitative estimate of drug-likeness (QED) is 0.727. The highest BCUT2D eigenvalue weighted by Gasteiger charge is 2.32. The highest BCUT2D eigenvalue weighted by atomic mass is 79.9. The molecule has 0 radical (unpaired) electrons. The predicted octanol–water partition coefficient (Wildman–Crippen LogP) is 4.33. The third-order valence-corrected chi connectivity index (χ3v) is 5.20. The second-order valence-electron chi connectivity index (χ2n) is 4.94.